The van der Waals surface area contributed by atoms with Crippen LogP contribution >= 0.6 is 24.4 Å². The average molecular weight is 212 g/mol. The van der Waals surface area contributed by atoms with Crippen molar-refractivity contribution in [3.63, 3.8) is 0 Å². The summed E-state index contributed by atoms with van der Waals surface area (Å²) in [4.78, 5) is 10.1. The molecule has 0 heterocycles. The smallest absolute Gasteiger partial charge is 0.313 e. The van der Waals surface area contributed by atoms with E-state index >= 15 is 0 Å². The standard InChI is InChI=1S/C6H12O4S2/c7-5(8)4-12-6(9,10)2-1-3-11/h9-11H,1-4H2,(H,7,8). The highest BCUT2D eigenvalue weighted by atomic mass is 32.2. The molecular weight excluding hydrogens is 200 g/mol. The molecule has 0 atom stereocenters. The van der Waals surface area contributed by atoms with E-state index in [-0.39, 0.29) is 12.2 Å². The van der Waals surface area contributed by atoms with Gasteiger partial charge < -0.3 is 15.3 Å². The maximum atomic E-state index is 10.1. The number of hydrogen-bond acceptors (Lipinski definition) is 5. The Morgan fingerprint density at radius 1 is 1.50 bits per heavy atom. The summed E-state index contributed by atoms with van der Waals surface area (Å²) in [5.41, 5.74) is 0. The van der Waals surface area contributed by atoms with Crippen molar-refractivity contribution >= 4 is 30.4 Å². The second-order valence-corrected chi connectivity index (χ2v) is 3.93. The van der Waals surface area contributed by atoms with Crippen LogP contribution in [-0.4, -0.2) is 37.9 Å². The summed E-state index contributed by atoms with van der Waals surface area (Å²) in [5, 5.41) is 24.5. The van der Waals surface area contributed by atoms with E-state index in [4.69, 9.17) is 15.3 Å². The third kappa shape index (κ3) is 6.78. The lowest BCUT2D eigenvalue weighted by molar-refractivity contribution is -0.134. The van der Waals surface area contributed by atoms with Gasteiger partial charge in [0.2, 0.25) is 5.12 Å². The van der Waals surface area contributed by atoms with Gasteiger partial charge in [-0.05, 0) is 12.2 Å². The van der Waals surface area contributed by atoms with E-state index in [0.717, 1.165) is 0 Å². The normalized spacial score (nSPS) is 11.6. The van der Waals surface area contributed by atoms with Crippen LogP contribution in [0.4, 0.5) is 0 Å². The number of hydrogen-bond donors (Lipinski definition) is 4. The van der Waals surface area contributed by atoms with E-state index in [2.05, 4.69) is 12.6 Å². The zero-order valence-corrected chi connectivity index (χ0v) is 8.14. The molecule has 0 aliphatic rings. The Hall–Kier alpha value is 0.0900. The predicted octanol–water partition coefficient (Wildman–Crippen LogP) is 0.153. The van der Waals surface area contributed by atoms with Gasteiger partial charge in [-0.15, -0.1) is 0 Å². The summed E-state index contributed by atoms with van der Waals surface area (Å²) in [6.07, 6.45) is 0.678. The minimum Gasteiger partial charge on any atom is -0.481 e. The fourth-order valence-electron chi connectivity index (χ4n) is 0.559. The Kier molecular flexibility index (Phi) is 5.73. The summed E-state index contributed by atoms with van der Waals surface area (Å²) in [6, 6.07) is 0. The number of thiol groups is 1. The number of thioether (sulfide) groups is 1. The lowest BCUT2D eigenvalue weighted by Gasteiger charge is -2.19. The van der Waals surface area contributed by atoms with Crippen molar-refractivity contribution in [3.8, 4) is 0 Å². The molecule has 0 bridgehead atoms. The fourth-order valence-corrected chi connectivity index (χ4v) is 1.36. The van der Waals surface area contributed by atoms with Crippen LogP contribution in [0.15, 0.2) is 0 Å². The number of carboxylic acids is 1. The van der Waals surface area contributed by atoms with Gasteiger partial charge in [0.05, 0.1) is 5.75 Å². The van der Waals surface area contributed by atoms with Crippen LogP contribution in [0.3, 0.4) is 0 Å². The average Bonchev–Trinajstić information content (AvgIpc) is 1.98. The minimum atomic E-state index is -1.93. The van der Waals surface area contributed by atoms with Crippen molar-refractivity contribution in [2.45, 2.75) is 18.0 Å². The second kappa shape index (κ2) is 5.69. The molecule has 0 radical (unpaired) electrons. The van der Waals surface area contributed by atoms with Crippen LogP contribution in [0.2, 0.25) is 0 Å². The van der Waals surface area contributed by atoms with Crippen molar-refractivity contribution in [1.82, 2.24) is 0 Å². The highest BCUT2D eigenvalue weighted by Gasteiger charge is 2.23. The van der Waals surface area contributed by atoms with E-state index in [1.165, 1.54) is 0 Å². The zero-order chi connectivity index (χ0) is 9.61. The topological polar surface area (TPSA) is 77.8 Å². The summed E-state index contributed by atoms with van der Waals surface area (Å²) in [7, 11) is 0. The van der Waals surface area contributed by atoms with Gasteiger partial charge in [-0.3, -0.25) is 4.79 Å². The van der Waals surface area contributed by atoms with Gasteiger partial charge in [0.1, 0.15) is 0 Å². The molecule has 3 N–H and O–H groups in total. The maximum Gasteiger partial charge on any atom is 0.313 e. The van der Waals surface area contributed by atoms with E-state index in [0.29, 0.717) is 23.9 Å². The van der Waals surface area contributed by atoms with E-state index in [1.54, 1.807) is 0 Å². The number of rotatable bonds is 6. The van der Waals surface area contributed by atoms with E-state index < -0.39 is 11.1 Å². The molecule has 0 aromatic rings. The zero-order valence-electron chi connectivity index (χ0n) is 6.43. The third-order valence-corrected chi connectivity index (χ3v) is 2.46. The summed E-state index contributed by atoms with van der Waals surface area (Å²) in [5.74, 6) is -0.811. The quantitative estimate of drug-likeness (QED) is 0.372. The first-order valence-electron chi connectivity index (χ1n) is 3.39. The molecule has 4 nitrogen and oxygen atoms in total. The largest absolute Gasteiger partial charge is 0.481 e. The van der Waals surface area contributed by atoms with Gasteiger partial charge in [0.25, 0.3) is 0 Å². The first-order chi connectivity index (χ1) is 5.48. The molecule has 0 aromatic heterocycles. The van der Waals surface area contributed by atoms with Crippen LogP contribution < -0.4 is 0 Å². The summed E-state index contributed by atoms with van der Waals surface area (Å²) >= 11 is 4.50. The lowest BCUT2D eigenvalue weighted by Crippen LogP contribution is -2.25. The number of aliphatic carboxylic acids is 1. The van der Waals surface area contributed by atoms with Crippen LogP contribution in [0.5, 0.6) is 0 Å². The first kappa shape index (κ1) is 12.1. The molecule has 0 aromatic carbocycles. The van der Waals surface area contributed by atoms with Gasteiger partial charge in [-0.2, -0.15) is 12.6 Å². The van der Waals surface area contributed by atoms with Gasteiger partial charge in [-0.1, -0.05) is 11.8 Å². The van der Waals surface area contributed by atoms with Crippen LogP contribution in [-0.2, 0) is 4.79 Å². The maximum absolute atomic E-state index is 10.1. The highest BCUT2D eigenvalue weighted by Crippen LogP contribution is 2.24. The molecule has 6 heteroatoms. The van der Waals surface area contributed by atoms with Crippen molar-refractivity contribution in [1.29, 1.82) is 0 Å². The number of aliphatic hydroxyl groups is 2. The highest BCUT2D eigenvalue weighted by molar-refractivity contribution is 8.00. The molecule has 0 fully saturated rings. The van der Waals surface area contributed by atoms with Crippen LogP contribution in [0, 0.1) is 0 Å². The van der Waals surface area contributed by atoms with Gasteiger partial charge in [0, 0.05) is 6.42 Å². The molecule has 0 aliphatic heterocycles. The Bertz CT molecular complexity index is 148. The Morgan fingerprint density at radius 3 is 2.50 bits per heavy atom. The van der Waals surface area contributed by atoms with Gasteiger partial charge in [-0.25, -0.2) is 0 Å². The Labute approximate surface area is 80.4 Å². The molecule has 12 heavy (non-hydrogen) atoms. The predicted molar refractivity (Wildman–Crippen MR) is 50.3 cm³/mol. The second-order valence-electron chi connectivity index (χ2n) is 2.25. The van der Waals surface area contributed by atoms with Crippen molar-refractivity contribution in [2.75, 3.05) is 11.5 Å². The van der Waals surface area contributed by atoms with Gasteiger partial charge in [0.15, 0.2) is 0 Å². The van der Waals surface area contributed by atoms with Gasteiger partial charge >= 0.3 is 5.97 Å². The number of carbonyl (C=O) groups is 1. The molecule has 72 valence electrons. The molecular formula is C6H12O4S2. The summed E-state index contributed by atoms with van der Waals surface area (Å²) < 4.78 is 0. The van der Waals surface area contributed by atoms with E-state index in [9.17, 15) is 4.79 Å². The van der Waals surface area contributed by atoms with E-state index in [1.807, 2.05) is 0 Å². The Balaban J connectivity index is 3.63. The van der Waals surface area contributed by atoms with Crippen LogP contribution in [0.1, 0.15) is 12.8 Å². The SMILES string of the molecule is O=C(O)CSC(O)(O)CCCS. The minimum absolute atomic E-state index is 0.133. The molecule has 0 spiro atoms. The number of carboxylic acid groups (broad SMARTS) is 1. The van der Waals surface area contributed by atoms with Crippen molar-refractivity contribution in [2.24, 2.45) is 0 Å². The third-order valence-electron chi connectivity index (χ3n) is 1.09. The molecule has 0 aliphatic carbocycles. The fraction of sp³-hybridized carbons (Fsp3) is 0.833. The lowest BCUT2D eigenvalue weighted by atomic mass is 10.3. The molecule has 0 rings (SSSR count). The molecule has 0 saturated carbocycles. The molecule has 0 unspecified atom stereocenters. The summed E-state index contributed by atoms with van der Waals surface area (Å²) in [6.45, 7) is 0. The monoisotopic (exact) mass is 212 g/mol. The van der Waals surface area contributed by atoms with Crippen molar-refractivity contribution < 1.29 is 20.1 Å². The van der Waals surface area contributed by atoms with Crippen molar-refractivity contribution in [3.05, 3.63) is 0 Å². The first-order valence-corrected chi connectivity index (χ1v) is 5.01. The molecule has 0 saturated heterocycles. The van der Waals surface area contributed by atoms with Crippen LogP contribution in [0.25, 0.3) is 0 Å². The Morgan fingerprint density at radius 2 is 2.08 bits per heavy atom. The molecule has 0 amide bonds.